The molecule has 1 saturated carbocycles. The Bertz CT molecular complexity index is 183. The second kappa shape index (κ2) is 3.81. The van der Waals surface area contributed by atoms with Gasteiger partial charge >= 0.3 is 0 Å². The first kappa shape index (κ1) is 9.22. The first-order chi connectivity index (χ1) is 6.37. The molecule has 1 spiro atoms. The van der Waals surface area contributed by atoms with Crippen molar-refractivity contribution in [3.8, 4) is 0 Å². The fourth-order valence-corrected chi connectivity index (χ4v) is 2.85. The SMILES string of the molecule is C=CCN1CCNCC12CCCC2. The maximum atomic E-state index is 3.85. The zero-order valence-electron chi connectivity index (χ0n) is 8.39. The van der Waals surface area contributed by atoms with Crippen LogP contribution in [0.5, 0.6) is 0 Å². The molecule has 1 saturated heterocycles. The van der Waals surface area contributed by atoms with E-state index in [-0.39, 0.29) is 0 Å². The van der Waals surface area contributed by atoms with E-state index >= 15 is 0 Å². The Morgan fingerprint density at radius 2 is 2.15 bits per heavy atom. The lowest BCUT2D eigenvalue weighted by molar-refractivity contribution is 0.0775. The van der Waals surface area contributed by atoms with Crippen LogP contribution in [0.15, 0.2) is 12.7 Å². The zero-order chi connectivity index (χ0) is 9.15. The van der Waals surface area contributed by atoms with Gasteiger partial charge in [-0.15, -0.1) is 6.58 Å². The van der Waals surface area contributed by atoms with E-state index < -0.39 is 0 Å². The van der Waals surface area contributed by atoms with Crippen LogP contribution >= 0.6 is 0 Å². The monoisotopic (exact) mass is 180 g/mol. The van der Waals surface area contributed by atoms with E-state index in [0.717, 1.165) is 13.1 Å². The summed E-state index contributed by atoms with van der Waals surface area (Å²) in [6, 6.07) is 0. The van der Waals surface area contributed by atoms with Gasteiger partial charge in [-0.3, -0.25) is 4.90 Å². The lowest BCUT2D eigenvalue weighted by atomic mass is 9.93. The van der Waals surface area contributed by atoms with Gasteiger partial charge < -0.3 is 5.32 Å². The molecule has 1 heterocycles. The normalized spacial score (nSPS) is 28.0. The summed E-state index contributed by atoms with van der Waals surface area (Å²) < 4.78 is 0. The molecule has 2 heteroatoms. The van der Waals surface area contributed by atoms with E-state index in [2.05, 4.69) is 16.8 Å². The summed E-state index contributed by atoms with van der Waals surface area (Å²) in [4.78, 5) is 2.63. The summed E-state index contributed by atoms with van der Waals surface area (Å²) in [5.74, 6) is 0. The molecule has 2 aliphatic rings. The van der Waals surface area contributed by atoms with Gasteiger partial charge in [0.05, 0.1) is 0 Å². The molecule has 1 aliphatic carbocycles. The maximum absolute atomic E-state index is 3.85. The predicted molar refractivity (Wildman–Crippen MR) is 55.8 cm³/mol. The molecule has 2 rings (SSSR count). The first-order valence-electron chi connectivity index (χ1n) is 5.44. The standard InChI is InChI=1S/C11H20N2/c1-2-8-13-9-7-12-10-11(13)5-3-4-6-11/h2,12H,1,3-10H2. The summed E-state index contributed by atoms with van der Waals surface area (Å²) >= 11 is 0. The summed E-state index contributed by atoms with van der Waals surface area (Å²) in [6.45, 7) is 8.46. The van der Waals surface area contributed by atoms with Crippen molar-refractivity contribution in [1.82, 2.24) is 10.2 Å². The fourth-order valence-electron chi connectivity index (χ4n) is 2.85. The fraction of sp³-hybridized carbons (Fsp3) is 0.818. The second-order valence-electron chi connectivity index (χ2n) is 4.34. The van der Waals surface area contributed by atoms with Crippen LogP contribution in [-0.4, -0.2) is 36.6 Å². The average molecular weight is 180 g/mol. The van der Waals surface area contributed by atoms with Crippen molar-refractivity contribution >= 4 is 0 Å². The van der Waals surface area contributed by atoms with E-state index in [1.165, 1.54) is 38.8 Å². The highest BCUT2D eigenvalue weighted by molar-refractivity contribution is 5.00. The molecule has 0 aromatic heterocycles. The number of nitrogens with zero attached hydrogens (tertiary/aromatic N) is 1. The molecular formula is C11H20N2. The van der Waals surface area contributed by atoms with Gasteiger partial charge in [0.2, 0.25) is 0 Å². The molecule has 2 fully saturated rings. The number of nitrogens with one attached hydrogen (secondary N) is 1. The number of hydrogen-bond donors (Lipinski definition) is 1. The smallest absolute Gasteiger partial charge is 0.0337 e. The van der Waals surface area contributed by atoms with E-state index in [0.29, 0.717) is 5.54 Å². The minimum Gasteiger partial charge on any atom is -0.314 e. The van der Waals surface area contributed by atoms with Gasteiger partial charge in [-0.05, 0) is 12.8 Å². The van der Waals surface area contributed by atoms with Gasteiger partial charge in [0, 0.05) is 31.7 Å². The molecule has 0 bridgehead atoms. The average Bonchev–Trinajstić information content (AvgIpc) is 2.59. The van der Waals surface area contributed by atoms with Crippen molar-refractivity contribution in [2.24, 2.45) is 0 Å². The zero-order valence-corrected chi connectivity index (χ0v) is 8.39. The lowest BCUT2D eigenvalue weighted by Gasteiger charge is -2.45. The highest BCUT2D eigenvalue weighted by Gasteiger charge is 2.40. The van der Waals surface area contributed by atoms with Crippen LogP contribution in [0.3, 0.4) is 0 Å². The summed E-state index contributed by atoms with van der Waals surface area (Å²) in [5, 5.41) is 3.53. The van der Waals surface area contributed by atoms with Crippen LogP contribution in [-0.2, 0) is 0 Å². The number of hydrogen-bond acceptors (Lipinski definition) is 2. The largest absolute Gasteiger partial charge is 0.314 e. The van der Waals surface area contributed by atoms with Gasteiger partial charge in [0.1, 0.15) is 0 Å². The van der Waals surface area contributed by atoms with Crippen LogP contribution in [0.2, 0.25) is 0 Å². The van der Waals surface area contributed by atoms with E-state index in [9.17, 15) is 0 Å². The van der Waals surface area contributed by atoms with Crippen molar-refractivity contribution in [3.05, 3.63) is 12.7 Å². The van der Waals surface area contributed by atoms with Crippen molar-refractivity contribution in [2.75, 3.05) is 26.2 Å². The predicted octanol–water partition coefficient (Wildman–Crippen LogP) is 1.39. The quantitative estimate of drug-likeness (QED) is 0.646. The van der Waals surface area contributed by atoms with Crippen LogP contribution in [0.1, 0.15) is 25.7 Å². The summed E-state index contributed by atoms with van der Waals surface area (Å²) in [6.07, 6.45) is 7.64. The highest BCUT2D eigenvalue weighted by Crippen LogP contribution is 2.35. The number of piperazine rings is 1. The second-order valence-corrected chi connectivity index (χ2v) is 4.34. The molecule has 13 heavy (non-hydrogen) atoms. The Morgan fingerprint density at radius 3 is 2.85 bits per heavy atom. The molecule has 1 N–H and O–H groups in total. The van der Waals surface area contributed by atoms with Crippen LogP contribution < -0.4 is 5.32 Å². The molecule has 0 amide bonds. The third-order valence-electron chi connectivity index (χ3n) is 3.57. The van der Waals surface area contributed by atoms with Crippen LogP contribution in [0, 0.1) is 0 Å². The van der Waals surface area contributed by atoms with E-state index in [4.69, 9.17) is 0 Å². The van der Waals surface area contributed by atoms with Gasteiger partial charge in [0.25, 0.3) is 0 Å². The molecule has 2 nitrogen and oxygen atoms in total. The lowest BCUT2D eigenvalue weighted by Crippen LogP contribution is -2.59. The summed E-state index contributed by atoms with van der Waals surface area (Å²) in [5.41, 5.74) is 0.492. The Morgan fingerprint density at radius 1 is 1.38 bits per heavy atom. The topological polar surface area (TPSA) is 15.3 Å². The third-order valence-corrected chi connectivity index (χ3v) is 3.57. The highest BCUT2D eigenvalue weighted by atomic mass is 15.3. The minimum atomic E-state index is 0.492. The third kappa shape index (κ3) is 1.65. The molecule has 0 aromatic carbocycles. The Balaban J connectivity index is 2.06. The van der Waals surface area contributed by atoms with Crippen molar-refractivity contribution in [1.29, 1.82) is 0 Å². The Hall–Kier alpha value is -0.340. The van der Waals surface area contributed by atoms with Crippen LogP contribution in [0.25, 0.3) is 0 Å². The maximum Gasteiger partial charge on any atom is 0.0337 e. The molecule has 0 radical (unpaired) electrons. The van der Waals surface area contributed by atoms with Crippen LogP contribution in [0.4, 0.5) is 0 Å². The molecule has 0 unspecified atom stereocenters. The number of rotatable bonds is 2. The Labute approximate surface area is 81.0 Å². The molecule has 0 atom stereocenters. The van der Waals surface area contributed by atoms with Gasteiger partial charge in [0.15, 0.2) is 0 Å². The first-order valence-corrected chi connectivity index (χ1v) is 5.44. The minimum absolute atomic E-state index is 0.492. The van der Waals surface area contributed by atoms with E-state index in [1.54, 1.807) is 0 Å². The Kier molecular flexibility index (Phi) is 2.70. The van der Waals surface area contributed by atoms with E-state index in [1.807, 2.05) is 6.08 Å². The van der Waals surface area contributed by atoms with Crippen molar-refractivity contribution in [2.45, 2.75) is 31.2 Å². The van der Waals surface area contributed by atoms with Gasteiger partial charge in [-0.1, -0.05) is 18.9 Å². The van der Waals surface area contributed by atoms with Gasteiger partial charge in [-0.2, -0.15) is 0 Å². The molecule has 74 valence electrons. The molecule has 0 aromatic rings. The molecule has 1 aliphatic heterocycles. The van der Waals surface area contributed by atoms with Gasteiger partial charge in [-0.25, -0.2) is 0 Å². The summed E-state index contributed by atoms with van der Waals surface area (Å²) in [7, 11) is 0. The van der Waals surface area contributed by atoms with Crippen molar-refractivity contribution < 1.29 is 0 Å². The van der Waals surface area contributed by atoms with Crippen molar-refractivity contribution in [3.63, 3.8) is 0 Å². The molecular weight excluding hydrogens is 160 g/mol.